The summed E-state index contributed by atoms with van der Waals surface area (Å²) in [5, 5.41) is -0.811. The van der Waals surface area contributed by atoms with E-state index < -0.39 is 25.8 Å². The molecule has 0 bridgehead atoms. The third kappa shape index (κ3) is 2.58. The number of halogens is 4. The molecule has 1 heterocycles. The fourth-order valence-electron chi connectivity index (χ4n) is 0.719. The van der Waals surface area contributed by atoms with Crippen LogP contribution in [0.4, 0.5) is 13.2 Å². The third-order valence-electron chi connectivity index (χ3n) is 1.31. The predicted molar refractivity (Wildman–Crippen MR) is 42.3 cm³/mol. The summed E-state index contributed by atoms with van der Waals surface area (Å²) in [7, 11) is 0.598. The first-order chi connectivity index (χ1) is 6.21. The molecule has 0 N–H and O–H groups in total. The molecule has 0 amide bonds. The monoisotopic (exact) mass is 245 g/mol. The zero-order valence-electron chi connectivity index (χ0n) is 6.42. The Kier molecular flexibility index (Phi) is 2.73. The van der Waals surface area contributed by atoms with Crippen LogP contribution in [0.2, 0.25) is 0 Å². The van der Waals surface area contributed by atoms with Gasteiger partial charge in [0, 0.05) is 16.9 Å². The molecular weight excluding hydrogens is 243 g/mol. The zero-order valence-corrected chi connectivity index (χ0v) is 7.99. The van der Waals surface area contributed by atoms with Gasteiger partial charge in [-0.1, -0.05) is 0 Å². The maximum atomic E-state index is 12.1. The van der Waals surface area contributed by atoms with Gasteiger partial charge in [0.25, 0.3) is 9.05 Å². The molecule has 3 nitrogen and oxygen atoms in total. The number of hydrogen-bond acceptors (Lipinski definition) is 3. The molecule has 0 aliphatic heterocycles. The lowest BCUT2D eigenvalue weighted by atomic mass is 10.3. The summed E-state index contributed by atoms with van der Waals surface area (Å²) in [6.07, 6.45) is -3.88. The summed E-state index contributed by atoms with van der Waals surface area (Å²) in [5.41, 5.74) is -1.10. The first-order valence-corrected chi connectivity index (χ1v) is 5.50. The van der Waals surface area contributed by atoms with Gasteiger partial charge in [0.2, 0.25) is 0 Å². The number of nitrogens with zero attached hydrogens (tertiary/aromatic N) is 1. The lowest BCUT2D eigenvalue weighted by Crippen LogP contribution is -2.07. The van der Waals surface area contributed by atoms with E-state index in [0.717, 1.165) is 6.20 Å². The highest BCUT2D eigenvalue weighted by Crippen LogP contribution is 2.30. The van der Waals surface area contributed by atoms with Gasteiger partial charge in [-0.25, -0.2) is 13.4 Å². The molecule has 1 rings (SSSR count). The summed E-state index contributed by atoms with van der Waals surface area (Å²) in [6, 6.07) is 1.04. The van der Waals surface area contributed by atoms with E-state index in [4.69, 9.17) is 10.7 Å². The van der Waals surface area contributed by atoms with Gasteiger partial charge >= 0.3 is 6.18 Å². The second-order valence-corrected chi connectivity index (χ2v) is 4.83. The lowest BCUT2D eigenvalue weighted by molar-refractivity contribution is -0.137. The van der Waals surface area contributed by atoms with Crippen molar-refractivity contribution in [2.24, 2.45) is 0 Å². The number of alkyl halides is 3. The van der Waals surface area contributed by atoms with Crippen molar-refractivity contribution in [2.45, 2.75) is 11.2 Å². The fourth-order valence-corrected chi connectivity index (χ4v) is 1.43. The van der Waals surface area contributed by atoms with Gasteiger partial charge in [-0.15, -0.1) is 0 Å². The zero-order chi connectivity index (χ0) is 11.0. The van der Waals surface area contributed by atoms with Crippen LogP contribution in [0.25, 0.3) is 0 Å². The second kappa shape index (κ2) is 3.39. The number of pyridine rings is 1. The average Bonchev–Trinajstić information content (AvgIpc) is 2.01. The maximum absolute atomic E-state index is 12.1. The van der Waals surface area contributed by atoms with Crippen LogP contribution in [-0.2, 0) is 15.2 Å². The Morgan fingerprint density at radius 3 is 2.36 bits per heavy atom. The summed E-state index contributed by atoms with van der Waals surface area (Å²) in [4.78, 5) is 3.20. The van der Waals surface area contributed by atoms with E-state index in [-0.39, 0.29) is 0 Å². The minimum absolute atomic E-state index is 0.377. The van der Waals surface area contributed by atoms with Crippen LogP contribution in [-0.4, -0.2) is 13.4 Å². The predicted octanol–water partition coefficient (Wildman–Crippen LogP) is 2.03. The lowest BCUT2D eigenvalue weighted by Gasteiger charge is -2.05. The highest BCUT2D eigenvalue weighted by Gasteiger charge is 2.31. The van der Waals surface area contributed by atoms with Crippen molar-refractivity contribution in [2.75, 3.05) is 0 Å². The molecule has 0 spiro atoms. The van der Waals surface area contributed by atoms with E-state index in [2.05, 4.69) is 4.98 Å². The molecule has 0 saturated heterocycles. The molecule has 0 radical (unpaired) electrons. The SMILES string of the molecule is O=S(=O)(Cl)c1cc(C(F)(F)F)ccn1. The standard InChI is InChI=1S/C6H3ClF3NO2S/c7-14(12,13)5-3-4(1-2-11-5)6(8,9)10/h1-3H. The molecule has 0 fully saturated rings. The molecule has 78 valence electrons. The molecule has 14 heavy (non-hydrogen) atoms. The van der Waals surface area contributed by atoms with Crippen molar-refractivity contribution in [1.29, 1.82) is 0 Å². The second-order valence-electron chi connectivity index (χ2n) is 2.32. The molecule has 8 heteroatoms. The van der Waals surface area contributed by atoms with Crippen LogP contribution < -0.4 is 0 Å². The van der Waals surface area contributed by atoms with Gasteiger partial charge in [0.15, 0.2) is 5.03 Å². The van der Waals surface area contributed by atoms with Crippen molar-refractivity contribution < 1.29 is 21.6 Å². The van der Waals surface area contributed by atoms with Crippen LogP contribution in [0.5, 0.6) is 0 Å². The summed E-state index contributed by atoms with van der Waals surface area (Å²) < 4.78 is 57.6. The Hall–Kier alpha value is -0.820. The number of rotatable bonds is 1. The van der Waals surface area contributed by atoms with E-state index in [1.165, 1.54) is 0 Å². The van der Waals surface area contributed by atoms with Gasteiger partial charge in [0.1, 0.15) is 0 Å². The van der Waals surface area contributed by atoms with Crippen LogP contribution in [0.3, 0.4) is 0 Å². The molecule has 0 aromatic carbocycles. The summed E-state index contributed by atoms with van der Waals surface area (Å²) in [5.74, 6) is 0. The van der Waals surface area contributed by atoms with Crippen molar-refractivity contribution in [3.63, 3.8) is 0 Å². The van der Waals surface area contributed by atoms with Crippen molar-refractivity contribution >= 4 is 19.7 Å². The van der Waals surface area contributed by atoms with Crippen LogP contribution in [0.15, 0.2) is 23.4 Å². The van der Waals surface area contributed by atoms with Gasteiger partial charge in [-0.2, -0.15) is 13.2 Å². The quantitative estimate of drug-likeness (QED) is 0.711. The van der Waals surface area contributed by atoms with Crippen LogP contribution in [0.1, 0.15) is 5.56 Å². The Morgan fingerprint density at radius 2 is 1.93 bits per heavy atom. The summed E-state index contributed by atoms with van der Waals surface area (Å²) >= 11 is 0. The van der Waals surface area contributed by atoms with Crippen LogP contribution in [0, 0.1) is 0 Å². The normalized spacial score (nSPS) is 12.9. The van der Waals surface area contributed by atoms with E-state index in [1.54, 1.807) is 0 Å². The van der Waals surface area contributed by atoms with Gasteiger partial charge in [-0.05, 0) is 12.1 Å². The molecule has 0 aliphatic rings. The Labute approximate surface area is 81.9 Å². The molecule has 0 aliphatic carbocycles. The highest BCUT2D eigenvalue weighted by molar-refractivity contribution is 8.13. The van der Waals surface area contributed by atoms with Crippen LogP contribution >= 0.6 is 10.7 Å². The van der Waals surface area contributed by atoms with E-state index in [1.807, 2.05) is 0 Å². The van der Waals surface area contributed by atoms with Gasteiger partial charge < -0.3 is 0 Å². The molecule has 0 unspecified atom stereocenters. The smallest absolute Gasteiger partial charge is 0.244 e. The fraction of sp³-hybridized carbons (Fsp3) is 0.167. The minimum Gasteiger partial charge on any atom is -0.244 e. The largest absolute Gasteiger partial charge is 0.416 e. The topological polar surface area (TPSA) is 47.0 Å². The Bertz CT molecular complexity index is 443. The third-order valence-corrected chi connectivity index (χ3v) is 2.51. The van der Waals surface area contributed by atoms with Gasteiger partial charge in [0.05, 0.1) is 5.56 Å². The van der Waals surface area contributed by atoms with E-state index in [9.17, 15) is 21.6 Å². The minimum atomic E-state index is -4.61. The highest BCUT2D eigenvalue weighted by atomic mass is 35.7. The first-order valence-electron chi connectivity index (χ1n) is 3.19. The molecule has 1 aromatic rings. The van der Waals surface area contributed by atoms with Crippen molar-refractivity contribution in [1.82, 2.24) is 4.98 Å². The molecular formula is C6H3ClF3NO2S. The molecule has 0 saturated carbocycles. The van der Waals surface area contributed by atoms with Crippen molar-refractivity contribution in [3.8, 4) is 0 Å². The number of aromatic nitrogens is 1. The van der Waals surface area contributed by atoms with Crippen molar-refractivity contribution in [3.05, 3.63) is 23.9 Å². The molecule has 0 atom stereocenters. The first kappa shape index (κ1) is 11.3. The van der Waals surface area contributed by atoms with Gasteiger partial charge in [-0.3, -0.25) is 0 Å². The summed E-state index contributed by atoms with van der Waals surface area (Å²) in [6.45, 7) is 0. The average molecular weight is 246 g/mol. The number of hydrogen-bond donors (Lipinski definition) is 0. The Balaban J connectivity index is 3.29. The van der Waals surface area contributed by atoms with E-state index >= 15 is 0 Å². The maximum Gasteiger partial charge on any atom is 0.416 e. The molecule has 1 aromatic heterocycles. The Morgan fingerprint density at radius 1 is 1.36 bits per heavy atom. The van der Waals surface area contributed by atoms with E-state index in [0.29, 0.717) is 12.1 Å².